The first-order chi connectivity index (χ1) is 14.6. The summed E-state index contributed by atoms with van der Waals surface area (Å²) in [6.07, 6.45) is 7.51. The Balaban J connectivity index is 1.71. The molecule has 4 aromatic rings. The molecular weight excluding hydrogens is 376 g/mol. The maximum Gasteiger partial charge on any atom is 0.254 e. The van der Waals surface area contributed by atoms with Crippen molar-refractivity contribution in [1.29, 1.82) is 0 Å². The van der Waals surface area contributed by atoms with Gasteiger partial charge in [0.15, 0.2) is 0 Å². The third-order valence-electron chi connectivity index (χ3n) is 5.07. The van der Waals surface area contributed by atoms with Gasteiger partial charge in [0.1, 0.15) is 0 Å². The lowest BCUT2D eigenvalue weighted by Crippen LogP contribution is -2.32. The maximum absolute atomic E-state index is 13.2. The van der Waals surface area contributed by atoms with Crippen molar-refractivity contribution in [3.63, 3.8) is 0 Å². The standard InChI is InChI=1S/C24H22N4O2/c1-2-17-5-6-22-20(12-17)13-21(23(29)27-22)16-28(15-18-4-3-9-26-14-18)24(30)19-7-10-25-11-8-19/h3-14H,2,15-16H2,1H3,(H,27,29). The van der Waals surface area contributed by atoms with E-state index in [9.17, 15) is 9.59 Å². The molecule has 0 spiro atoms. The number of pyridine rings is 3. The number of aromatic nitrogens is 3. The molecule has 4 rings (SSSR count). The second kappa shape index (κ2) is 8.69. The Morgan fingerprint density at radius 3 is 2.53 bits per heavy atom. The topological polar surface area (TPSA) is 79.0 Å². The summed E-state index contributed by atoms with van der Waals surface area (Å²) in [6.45, 7) is 2.63. The third kappa shape index (κ3) is 4.27. The monoisotopic (exact) mass is 398 g/mol. The van der Waals surface area contributed by atoms with Crippen LogP contribution in [-0.2, 0) is 19.5 Å². The summed E-state index contributed by atoms with van der Waals surface area (Å²) >= 11 is 0. The summed E-state index contributed by atoms with van der Waals surface area (Å²) in [6, 6.07) is 15.0. The van der Waals surface area contributed by atoms with Crippen LogP contribution in [0.3, 0.4) is 0 Å². The fraction of sp³-hybridized carbons (Fsp3) is 0.167. The largest absolute Gasteiger partial charge is 0.330 e. The number of H-pyrrole nitrogens is 1. The second-order valence-corrected chi connectivity index (χ2v) is 7.16. The zero-order valence-electron chi connectivity index (χ0n) is 16.7. The van der Waals surface area contributed by atoms with Gasteiger partial charge in [0.25, 0.3) is 11.5 Å². The Bertz CT molecular complexity index is 1220. The summed E-state index contributed by atoms with van der Waals surface area (Å²) < 4.78 is 0. The van der Waals surface area contributed by atoms with Gasteiger partial charge in [-0.15, -0.1) is 0 Å². The number of nitrogens with one attached hydrogen (secondary N) is 1. The van der Waals surface area contributed by atoms with Crippen molar-refractivity contribution in [2.24, 2.45) is 0 Å². The van der Waals surface area contributed by atoms with Crippen LogP contribution in [0.2, 0.25) is 0 Å². The van der Waals surface area contributed by atoms with Gasteiger partial charge >= 0.3 is 0 Å². The number of amides is 1. The lowest BCUT2D eigenvalue weighted by molar-refractivity contribution is 0.0729. The normalized spacial score (nSPS) is 10.8. The van der Waals surface area contributed by atoms with E-state index in [1.165, 1.54) is 5.56 Å². The van der Waals surface area contributed by atoms with Crippen LogP contribution in [0.5, 0.6) is 0 Å². The molecular formula is C24H22N4O2. The summed E-state index contributed by atoms with van der Waals surface area (Å²) in [5, 5.41) is 0.960. The fourth-order valence-corrected chi connectivity index (χ4v) is 3.43. The molecule has 0 unspecified atom stereocenters. The highest BCUT2D eigenvalue weighted by Gasteiger charge is 2.18. The van der Waals surface area contributed by atoms with Crippen molar-refractivity contribution in [1.82, 2.24) is 19.9 Å². The van der Waals surface area contributed by atoms with Crippen LogP contribution in [0, 0.1) is 0 Å². The number of carbonyl (C=O) groups is 1. The second-order valence-electron chi connectivity index (χ2n) is 7.16. The number of hydrogen-bond acceptors (Lipinski definition) is 4. The maximum atomic E-state index is 13.2. The van der Waals surface area contributed by atoms with Gasteiger partial charge < -0.3 is 9.88 Å². The highest BCUT2D eigenvalue weighted by Crippen LogP contribution is 2.17. The molecule has 6 nitrogen and oxygen atoms in total. The van der Waals surface area contributed by atoms with Crippen molar-refractivity contribution in [3.05, 3.63) is 106 Å². The SMILES string of the molecule is CCc1ccc2[nH]c(=O)c(CN(Cc3cccnc3)C(=O)c3ccncc3)cc2c1. The molecule has 3 aromatic heterocycles. The van der Waals surface area contributed by atoms with Crippen LogP contribution in [-0.4, -0.2) is 25.8 Å². The molecule has 3 heterocycles. The van der Waals surface area contributed by atoms with E-state index in [1.54, 1.807) is 41.8 Å². The van der Waals surface area contributed by atoms with Gasteiger partial charge in [0.2, 0.25) is 0 Å². The van der Waals surface area contributed by atoms with Crippen molar-refractivity contribution >= 4 is 16.8 Å². The van der Waals surface area contributed by atoms with Gasteiger partial charge in [-0.1, -0.05) is 19.1 Å². The number of carbonyl (C=O) groups excluding carboxylic acids is 1. The number of hydrogen-bond donors (Lipinski definition) is 1. The van der Waals surface area contributed by atoms with E-state index in [1.807, 2.05) is 30.3 Å². The van der Waals surface area contributed by atoms with E-state index in [0.29, 0.717) is 17.7 Å². The van der Waals surface area contributed by atoms with Crippen LogP contribution in [0.15, 0.2) is 78.1 Å². The van der Waals surface area contributed by atoms with Gasteiger partial charge in [-0.05, 0) is 59.3 Å². The smallest absolute Gasteiger partial charge is 0.254 e. The molecule has 0 radical (unpaired) electrons. The predicted octanol–water partition coefficient (Wildman–Crippen LogP) is 3.72. The lowest BCUT2D eigenvalue weighted by atomic mass is 10.1. The van der Waals surface area contributed by atoms with Crippen LogP contribution in [0.4, 0.5) is 0 Å². The first kappa shape index (κ1) is 19.5. The number of aryl methyl sites for hydroxylation is 1. The molecule has 0 atom stereocenters. The molecule has 150 valence electrons. The number of benzene rings is 1. The first-order valence-electron chi connectivity index (χ1n) is 9.87. The first-order valence-corrected chi connectivity index (χ1v) is 9.87. The summed E-state index contributed by atoms with van der Waals surface area (Å²) in [5.41, 5.74) is 3.76. The summed E-state index contributed by atoms with van der Waals surface area (Å²) in [7, 11) is 0. The van der Waals surface area contributed by atoms with E-state index in [4.69, 9.17) is 0 Å². The Kier molecular flexibility index (Phi) is 5.66. The minimum atomic E-state index is -0.189. The molecule has 0 aliphatic rings. The van der Waals surface area contributed by atoms with Crippen LogP contribution >= 0.6 is 0 Å². The molecule has 1 N–H and O–H groups in total. The predicted molar refractivity (Wildman–Crippen MR) is 116 cm³/mol. The Labute approximate surface area is 174 Å². The molecule has 0 aliphatic heterocycles. The molecule has 1 aromatic carbocycles. The van der Waals surface area contributed by atoms with E-state index in [2.05, 4.69) is 27.9 Å². The van der Waals surface area contributed by atoms with E-state index >= 15 is 0 Å². The molecule has 0 fully saturated rings. The van der Waals surface area contributed by atoms with E-state index < -0.39 is 0 Å². The summed E-state index contributed by atoms with van der Waals surface area (Å²) in [5.74, 6) is -0.164. The Morgan fingerprint density at radius 1 is 0.967 bits per heavy atom. The van der Waals surface area contributed by atoms with E-state index in [-0.39, 0.29) is 18.0 Å². The molecule has 0 aliphatic carbocycles. The van der Waals surface area contributed by atoms with Crippen LogP contribution in [0.1, 0.15) is 34.0 Å². The van der Waals surface area contributed by atoms with Crippen molar-refractivity contribution < 1.29 is 4.79 Å². The minimum absolute atomic E-state index is 0.164. The number of rotatable bonds is 6. The van der Waals surface area contributed by atoms with Gasteiger partial charge in [-0.2, -0.15) is 0 Å². The Morgan fingerprint density at radius 2 is 1.80 bits per heavy atom. The highest BCUT2D eigenvalue weighted by molar-refractivity contribution is 5.94. The molecule has 0 bridgehead atoms. The van der Waals surface area contributed by atoms with Gasteiger partial charge in [0.05, 0.1) is 6.54 Å². The highest BCUT2D eigenvalue weighted by atomic mass is 16.2. The minimum Gasteiger partial charge on any atom is -0.330 e. The third-order valence-corrected chi connectivity index (χ3v) is 5.07. The molecule has 0 saturated carbocycles. The fourth-order valence-electron chi connectivity index (χ4n) is 3.43. The quantitative estimate of drug-likeness (QED) is 0.537. The van der Waals surface area contributed by atoms with Crippen molar-refractivity contribution in [2.45, 2.75) is 26.4 Å². The number of fused-ring (bicyclic) bond motifs is 1. The van der Waals surface area contributed by atoms with Gasteiger partial charge in [-0.3, -0.25) is 19.6 Å². The zero-order chi connectivity index (χ0) is 20.9. The van der Waals surface area contributed by atoms with Crippen LogP contribution in [0.25, 0.3) is 10.9 Å². The van der Waals surface area contributed by atoms with Crippen molar-refractivity contribution in [2.75, 3.05) is 0 Å². The molecule has 30 heavy (non-hydrogen) atoms. The summed E-state index contributed by atoms with van der Waals surface area (Å²) in [4.78, 5) is 38.6. The lowest BCUT2D eigenvalue weighted by Gasteiger charge is -2.23. The molecule has 1 amide bonds. The van der Waals surface area contributed by atoms with Crippen molar-refractivity contribution in [3.8, 4) is 0 Å². The molecule has 6 heteroatoms. The van der Waals surface area contributed by atoms with E-state index in [0.717, 1.165) is 22.9 Å². The number of aromatic amines is 1. The number of nitrogens with zero attached hydrogens (tertiary/aromatic N) is 3. The molecule has 0 saturated heterocycles. The van der Waals surface area contributed by atoms with Gasteiger partial charge in [0, 0.05) is 48.0 Å². The average Bonchev–Trinajstić information content (AvgIpc) is 2.79. The van der Waals surface area contributed by atoms with Crippen LogP contribution < -0.4 is 5.56 Å². The zero-order valence-corrected chi connectivity index (χ0v) is 16.7. The average molecular weight is 398 g/mol. The van der Waals surface area contributed by atoms with Gasteiger partial charge in [-0.25, -0.2) is 0 Å². The Hall–Kier alpha value is -3.80.